The molecule has 120 valence electrons. The van der Waals surface area contributed by atoms with E-state index in [-0.39, 0.29) is 12.4 Å². The fourth-order valence-electron chi connectivity index (χ4n) is 2.15. The van der Waals surface area contributed by atoms with Gasteiger partial charge in [-0.25, -0.2) is 0 Å². The molecule has 0 fully saturated rings. The van der Waals surface area contributed by atoms with Crippen molar-refractivity contribution in [3.63, 3.8) is 0 Å². The summed E-state index contributed by atoms with van der Waals surface area (Å²) in [4.78, 5) is 0. The minimum atomic E-state index is 0. The average molecular weight is 387 g/mol. The van der Waals surface area contributed by atoms with Gasteiger partial charge in [-0.05, 0) is 24.6 Å². The van der Waals surface area contributed by atoms with Gasteiger partial charge in [0.2, 0.25) is 0 Å². The second-order valence-electron chi connectivity index (χ2n) is 4.62. The summed E-state index contributed by atoms with van der Waals surface area (Å²) >= 11 is 3.51. The van der Waals surface area contributed by atoms with Gasteiger partial charge in [0.25, 0.3) is 0 Å². The Hall–Kier alpha value is -1.23. The van der Waals surface area contributed by atoms with Crippen LogP contribution in [0, 0.1) is 0 Å². The molecule has 22 heavy (non-hydrogen) atoms. The van der Waals surface area contributed by atoms with Crippen molar-refractivity contribution in [1.29, 1.82) is 0 Å². The molecule has 2 rings (SSSR count). The number of halogens is 2. The van der Waals surface area contributed by atoms with E-state index in [1.54, 1.807) is 7.11 Å². The molecule has 0 spiro atoms. The lowest BCUT2D eigenvalue weighted by molar-refractivity contribution is 0.306. The van der Waals surface area contributed by atoms with Crippen molar-refractivity contribution in [2.24, 2.45) is 0 Å². The summed E-state index contributed by atoms with van der Waals surface area (Å²) in [6.45, 7) is 4.13. The average Bonchev–Trinajstić information content (AvgIpc) is 2.50. The van der Waals surface area contributed by atoms with Crippen LogP contribution in [0.1, 0.15) is 18.1 Å². The normalized spacial score (nSPS) is 9.95. The number of methoxy groups -OCH3 is 1. The van der Waals surface area contributed by atoms with E-state index in [2.05, 4.69) is 39.4 Å². The highest BCUT2D eigenvalue weighted by molar-refractivity contribution is 9.10. The Morgan fingerprint density at radius 1 is 1.09 bits per heavy atom. The fraction of sp³-hybridized carbons (Fsp3) is 0.294. The highest BCUT2D eigenvalue weighted by Gasteiger charge is 2.12. The van der Waals surface area contributed by atoms with Crippen LogP contribution < -0.4 is 14.8 Å². The molecule has 0 aliphatic carbocycles. The van der Waals surface area contributed by atoms with Crippen LogP contribution in [0.5, 0.6) is 11.5 Å². The van der Waals surface area contributed by atoms with Gasteiger partial charge in [0.15, 0.2) is 11.5 Å². The lowest BCUT2D eigenvalue weighted by Gasteiger charge is -2.15. The predicted octanol–water partition coefficient (Wildman–Crippen LogP) is 4.57. The Morgan fingerprint density at radius 3 is 2.45 bits per heavy atom. The molecular formula is C17H21BrClNO2. The van der Waals surface area contributed by atoms with Gasteiger partial charge in [-0.1, -0.05) is 46.3 Å². The molecule has 0 unspecified atom stereocenters. The molecule has 1 N–H and O–H groups in total. The Balaban J connectivity index is 0.00000242. The molecule has 0 saturated heterocycles. The van der Waals surface area contributed by atoms with E-state index < -0.39 is 0 Å². The number of nitrogens with one attached hydrogen (secondary N) is 1. The second kappa shape index (κ2) is 9.72. The summed E-state index contributed by atoms with van der Waals surface area (Å²) < 4.78 is 12.1. The third kappa shape index (κ3) is 5.20. The van der Waals surface area contributed by atoms with Crippen LogP contribution in [0.4, 0.5) is 0 Å². The topological polar surface area (TPSA) is 30.5 Å². The predicted molar refractivity (Wildman–Crippen MR) is 96.1 cm³/mol. The third-order valence-corrected chi connectivity index (χ3v) is 3.55. The monoisotopic (exact) mass is 385 g/mol. The Kier molecular flexibility index (Phi) is 8.31. The summed E-state index contributed by atoms with van der Waals surface area (Å²) in [7, 11) is 1.66. The van der Waals surface area contributed by atoms with Crippen LogP contribution in [0.3, 0.4) is 0 Å². The number of hydrogen-bond donors (Lipinski definition) is 1. The first-order valence-electron chi connectivity index (χ1n) is 6.98. The minimum absolute atomic E-state index is 0. The van der Waals surface area contributed by atoms with Crippen LogP contribution in [0.2, 0.25) is 0 Å². The molecule has 0 heterocycles. The summed E-state index contributed by atoms with van der Waals surface area (Å²) in [5.41, 5.74) is 2.34. The molecule has 0 aromatic heterocycles. The highest BCUT2D eigenvalue weighted by Crippen LogP contribution is 2.34. The zero-order valence-electron chi connectivity index (χ0n) is 12.8. The van der Waals surface area contributed by atoms with E-state index in [4.69, 9.17) is 9.47 Å². The lowest BCUT2D eigenvalue weighted by Crippen LogP contribution is -2.14. The Labute approximate surface area is 146 Å². The van der Waals surface area contributed by atoms with Crippen LogP contribution >= 0.6 is 28.3 Å². The van der Waals surface area contributed by atoms with Gasteiger partial charge in [0.05, 0.1) is 13.7 Å². The van der Waals surface area contributed by atoms with Gasteiger partial charge in [0, 0.05) is 23.1 Å². The van der Waals surface area contributed by atoms with Crippen LogP contribution in [-0.4, -0.2) is 13.7 Å². The molecule has 0 radical (unpaired) electrons. The van der Waals surface area contributed by atoms with E-state index in [1.165, 1.54) is 5.56 Å². The lowest BCUT2D eigenvalue weighted by atomic mass is 10.1. The van der Waals surface area contributed by atoms with Gasteiger partial charge < -0.3 is 14.8 Å². The summed E-state index contributed by atoms with van der Waals surface area (Å²) in [5.74, 6) is 1.56. The molecule has 0 bridgehead atoms. The van der Waals surface area contributed by atoms with Crippen molar-refractivity contribution >= 4 is 28.3 Å². The zero-order valence-corrected chi connectivity index (χ0v) is 15.2. The SMILES string of the molecule is CCOc1c(CNCc2ccccc2)cc(Br)cc1OC.Cl. The van der Waals surface area contributed by atoms with Gasteiger partial charge in [0.1, 0.15) is 0 Å². The van der Waals surface area contributed by atoms with Crippen molar-refractivity contribution in [3.8, 4) is 11.5 Å². The number of rotatable bonds is 7. The largest absolute Gasteiger partial charge is 0.493 e. The van der Waals surface area contributed by atoms with Crippen molar-refractivity contribution in [1.82, 2.24) is 5.32 Å². The molecule has 3 nitrogen and oxygen atoms in total. The zero-order chi connectivity index (χ0) is 15.1. The molecule has 2 aromatic rings. The first-order valence-corrected chi connectivity index (χ1v) is 7.77. The maximum Gasteiger partial charge on any atom is 0.165 e. The van der Waals surface area contributed by atoms with Gasteiger partial charge in [-0.2, -0.15) is 0 Å². The van der Waals surface area contributed by atoms with Crippen molar-refractivity contribution in [3.05, 3.63) is 58.1 Å². The molecule has 0 amide bonds. The van der Waals surface area contributed by atoms with E-state index in [1.807, 2.05) is 31.2 Å². The van der Waals surface area contributed by atoms with Gasteiger partial charge in [-0.3, -0.25) is 0 Å². The van der Waals surface area contributed by atoms with E-state index >= 15 is 0 Å². The quantitative estimate of drug-likeness (QED) is 0.756. The number of hydrogen-bond acceptors (Lipinski definition) is 3. The Morgan fingerprint density at radius 2 is 1.82 bits per heavy atom. The highest BCUT2D eigenvalue weighted by atomic mass is 79.9. The molecule has 0 aliphatic heterocycles. The maximum absolute atomic E-state index is 5.73. The van der Waals surface area contributed by atoms with Crippen LogP contribution in [-0.2, 0) is 13.1 Å². The molecule has 0 saturated carbocycles. The fourth-order valence-corrected chi connectivity index (χ4v) is 2.64. The second-order valence-corrected chi connectivity index (χ2v) is 5.53. The summed E-state index contributed by atoms with van der Waals surface area (Å²) in [5, 5.41) is 3.44. The van der Waals surface area contributed by atoms with Crippen molar-refractivity contribution < 1.29 is 9.47 Å². The molecule has 5 heteroatoms. The summed E-state index contributed by atoms with van der Waals surface area (Å²) in [6, 6.07) is 14.3. The number of benzene rings is 2. The van der Waals surface area contributed by atoms with E-state index in [0.717, 1.165) is 34.6 Å². The third-order valence-electron chi connectivity index (χ3n) is 3.09. The molecular weight excluding hydrogens is 366 g/mol. The smallest absolute Gasteiger partial charge is 0.165 e. The standard InChI is InChI=1S/C17H20BrNO2.ClH/c1-3-21-17-14(9-15(18)10-16(17)20-2)12-19-11-13-7-5-4-6-8-13;/h4-10,19H,3,11-12H2,1-2H3;1H. The van der Waals surface area contributed by atoms with Crippen LogP contribution in [0.15, 0.2) is 46.9 Å². The van der Waals surface area contributed by atoms with Gasteiger partial charge in [-0.15, -0.1) is 12.4 Å². The minimum Gasteiger partial charge on any atom is -0.493 e. The van der Waals surface area contributed by atoms with E-state index in [9.17, 15) is 0 Å². The summed E-state index contributed by atoms with van der Waals surface area (Å²) in [6.07, 6.45) is 0. The van der Waals surface area contributed by atoms with Gasteiger partial charge >= 0.3 is 0 Å². The van der Waals surface area contributed by atoms with Crippen LogP contribution in [0.25, 0.3) is 0 Å². The molecule has 0 aliphatic rings. The van der Waals surface area contributed by atoms with Crippen molar-refractivity contribution in [2.75, 3.05) is 13.7 Å². The molecule has 2 aromatic carbocycles. The van der Waals surface area contributed by atoms with Crippen molar-refractivity contribution in [2.45, 2.75) is 20.0 Å². The first kappa shape index (κ1) is 18.8. The van der Waals surface area contributed by atoms with E-state index in [0.29, 0.717) is 6.61 Å². The molecule has 0 atom stereocenters. The Bertz CT molecular complexity index is 578. The number of ether oxygens (including phenoxy) is 2. The first-order chi connectivity index (χ1) is 10.2. The maximum atomic E-state index is 5.73.